The molecule has 104 valence electrons. The van der Waals surface area contributed by atoms with E-state index < -0.39 is 0 Å². The highest BCUT2D eigenvalue weighted by atomic mass is 79.9. The predicted molar refractivity (Wildman–Crippen MR) is 76.0 cm³/mol. The number of anilines is 1. The Morgan fingerprint density at radius 1 is 1.42 bits per heavy atom. The molecule has 0 amide bonds. The zero-order valence-corrected chi connectivity index (χ0v) is 12.5. The van der Waals surface area contributed by atoms with Crippen LogP contribution >= 0.6 is 27.7 Å². The minimum absolute atomic E-state index is 0.0683. The minimum atomic E-state index is -0.357. The lowest BCUT2D eigenvalue weighted by Gasteiger charge is -2.32. The van der Waals surface area contributed by atoms with Crippen LogP contribution in [0.4, 0.5) is 11.5 Å². The SMILES string of the molecule is O=[N+]([O-])c1c(Br)nn(C2CSC2)c1N1CCOCC1. The molecule has 2 aliphatic rings. The molecule has 0 N–H and O–H groups in total. The normalized spacial score (nSPS) is 20.4. The summed E-state index contributed by atoms with van der Waals surface area (Å²) in [7, 11) is 0. The van der Waals surface area contributed by atoms with E-state index in [1.165, 1.54) is 0 Å². The summed E-state index contributed by atoms with van der Waals surface area (Å²) in [6, 6.07) is 0.257. The number of rotatable bonds is 3. The van der Waals surface area contributed by atoms with Crippen molar-refractivity contribution in [2.45, 2.75) is 6.04 Å². The molecule has 2 aliphatic heterocycles. The first kappa shape index (κ1) is 13.2. The van der Waals surface area contributed by atoms with Crippen molar-refractivity contribution in [3.63, 3.8) is 0 Å². The molecule has 0 unspecified atom stereocenters. The predicted octanol–water partition coefficient (Wildman–Crippen LogP) is 1.68. The van der Waals surface area contributed by atoms with Crippen LogP contribution in [0.2, 0.25) is 0 Å². The molecule has 7 nitrogen and oxygen atoms in total. The number of hydrogen-bond donors (Lipinski definition) is 0. The third-order valence-electron chi connectivity index (χ3n) is 3.28. The summed E-state index contributed by atoms with van der Waals surface area (Å²) in [5.41, 5.74) is 0.0683. The summed E-state index contributed by atoms with van der Waals surface area (Å²) < 4.78 is 7.44. The fourth-order valence-corrected chi connectivity index (χ4v) is 3.46. The van der Waals surface area contributed by atoms with Crippen LogP contribution in [0.5, 0.6) is 0 Å². The molecule has 0 atom stereocenters. The molecule has 0 spiro atoms. The molecule has 0 aliphatic carbocycles. The smallest absolute Gasteiger partial charge is 0.345 e. The third kappa shape index (κ3) is 2.34. The largest absolute Gasteiger partial charge is 0.378 e. The lowest BCUT2D eigenvalue weighted by Crippen LogP contribution is -2.39. The summed E-state index contributed by atoms with van der Waals surface area (Å²) in [5, 5.41) is 15.6. The molecule has 0 bridgehead atoms. The van der Waals surface area contributed by atoms with Crippen LogP contribution in [-0.4, -0.2) is 52.5 Å². The Kier molecular flexibility index (Phi) is 3.68. The second kappa shape index (κ2) is 5.29. The Labute approximate surface area is 122 Å². The lowest BCUT2D eigenvalue weighted by molar-refractivity contribution is -0.385. The van der Waals surface area contributed by atoms with E-state index in [9.17, 15) is 10.1 Å². The number of hydrogen-bond acceptors (Lipinski definition) is 6. The number of aromatic nitrogens is 2. The lowest BCUT2D eigenvalue weighted by atomic mass is 10.3. The summed E-state index contributed by atoms with van der Waals surface area (Å²) >= 11 is 5.05. The highest BCUT2D eigenvalue weighted by Crippen LogP contribution is 2.41. The van der Waals surface area contributed by atoms with Crippen molar-refractivity contribution in [1.29, 1.82) is 0 Å². The zero-order chi connectivity index (χ0) is 13.4. The van der Waals surface area contributed by atoms with Crippen LogP contribution in [0.3, 0.4) is 0 Å². The standard InChI is InChI=1S/C10H13BrN4O3S/c11-9-8(15(16)17)10(13-1-3-18-4-2-13)14(12-9)7-5-19-6-7/h7H,1-6H2. The third-order valence-corrected chi connectivity index (χ3v) is 5.05. The summed E-state index contributed by atoms with van der Waals surface area (Å²) in [6.45, 7) is 2.52. The van der Waals surface area contributed by atoms with Gasteiger partial charge in [-0.3, -0.25) is 10.1 Å². The van der Waals surface area contributed by atoms with E-state index in [1.807, 2.05) is 21.3 Å². The van der Waals surface area contributed by atoms with Crippen LogP contribution in [0, 0.1) is 10.1 Å². The van der Waals surface area contributed by atoms with E-state index in [0.717, 1.165) is 11.5 Å². The molecule has 1 aromatic rings. The molecule has 9 heteroatoms. The van der Waals surface area contributed by atoms with Crippen LogP contribution in [0.1, 0.15) is 6.04 Å². The highest BCUT2D eigenvalue weighted by molar-refractivity contribution is 9.10. The van der Waals surface area contributed by atoms with E-state index in [0.29, 0.717) is 36.7 Å². The number of nitro groups is 1. The molecule has 1 aromatic heterocycles. The molecule has 3 heterocycles. The Balaban J connectivity index is 2.03. The first-order valence-electron chi connectivity index (χ1n) is 6.01. The van der Waals surface area contributed by atoms with E-state index in [-0.39, 0.29) is 16.7 Å². The van der Waals surface area contributed by atoms with Gasteiger partial charge in [0.25, 0.3) is 0 Å². The van der Waals surface area contributed by atoms with Gasteiger partial charge >= 0.3 is 5.69 Å². The molecular formula is C10H13BrN4O3S. The summed E-state index contributed by atoms with van der Waals surface area (Å²) in [6.07, 6.45) is 0. The topological polar surface area (TPSA) is 73.4 Å². The van der Waals surface area contributed by atoms with Gasteiger partial charge in [-0.1, -0.05) is 0 Å². The molecule has 2 saturated heterocycles. The van der Waals surface area contributed by atoms with Crippen LogP contribution in [0.25, 0.3) is 0 Å². The van der Waals surface area contributed by atoms with Gasteiger partial charge in [0.1, 0.15) is 0 Å². The fraction of sp³-hybridized carbons (Fsp3) is 0.700. The Bertz CT molecular complexity index is 499. The van der Waals surface area contributed by atoms with Crippen LogP contribution in [-0.2, 0) is 4.74 Å². The van der Waals surface area contributed by atoms with Crippen LogP contribution < -0.4 is 4.90 Å². The zero-order valence-electron chi connectivity index (χ0n) is 10.1. The van der Waals surface area contributed by atoms with Crippen molar-refractivity contribution in [2.24, 2.45) is 0 Å². The molecule has 0 aromatic carbocycles. The van der Waals surface area contributed by atoms with E-state index in [4.69, 9.17) is 4.74 Å². The van der Waals surface area contributed by atoms with Crippen molar-refractivity contribution in [3.8, 4) is 0 Å². The fourth-order valence-electron chi connectivity index (χ4n) is 2.24. The second-order valence-electron chi connectivity index (χ2n) is 4.46. The summed E-state index contributed by atoms with van der Waals surface area (Å²) in [5.74, 6) is 2.54. The Morgan fingerprint density at radius 2 is 2.11 bits per heavy atom. The van der Waals surface area contributed by atoms with Gasteiger partial charge in [-0.05, 0) is 15.9 Å². The quantitative estimate of drug-likeness (QED) is 0.611. The van der Waals surface area contributed by atoms with Gasteiger partial charge in [-0.15, -0.1) is 0 Å². The number of nitrogens with zero attached hydrogens (tertiary/aromatic N) is 4. The van der Waals surface area contributed by atoms with E-state index >= 15 is 0 Å². The number of halogens is 1. The Morgan fingerprint density at radius 3 is 2.63 bits per heavy atom. The molecule has 0 saturated carbocycles. The maximum Gasteiger partial charge on any atom is 0.345 e. The first-order chi connectivity index (χ1) is 9.18. The number of morpholine rings is 1. The van der Waals surface area contributed by atoms with Gasteiger partial charge in [0, 0.05) is 24.6 Å². The molecule has 19 heavy (non-hydrogen) atoms. The minimum Gasteiger partial charge on any atom is -0.378 e. The maximum atomic E-state index is 11.3. The average molecular weight is 349 g/mol. The number of thioether (sulfide) groups is 1. The highest BCUT2D eigenvalue weighted by Gasteiger charge is 2.35. The van der Waals surface area contributed by atoms with Crippen molar-refractivity contribution >= 4 is 39.2 Å². The van der Waals surface area contributed by atoms with E-state index in [2.05, 4.69) is 21.0 Å². The maximum absolute atomic E-state index is 11.3. The molecular weight excluding hydrogens is 336 g/mol. The van der Waals surface area contributed by atoms with Crippen LogP contribution in [0.15, 0.2) is 4.60 Å². The first-order valence-corrected chi connectivity index (χ1v) is 7.96. The second-order valence-corrected chi connectivity index (χ2v) is 6.28. The van der Waals surface area contributed by atoms with E-state index in [1.54, 1.807) is 0 Å². The van der Waals surface area contributed by atoms with Gasteiger partial charge in [0.2, 0.25) is 10.4 Å². The molecule has 2 fully saturated rings. The monoisotopic (exact) mass is 348 g/mol. The number of ether oxygens (including phenoxy) is 1. The van der Waals surface area contributed by atoms with Gasteiger partial charge in [-0.2, -0.15) is 16.9 Å². The van der Waals surface area contributed by atoms with Crippen molar-refractivity contribution in [1.82, 2.24) is 9.78 Å². The van der Waals surface area contributed by atoms with Crippen molar-refractivity contribution < 1.29 is 9.66 Å². The molecule has 3 rings (SSSR count). The van der Waals surface area contributed by atoms with Gasteiger partial charge in [-0.25, -0.2) is 4.68 Å². The Hall–Kier alpha value is -0.800. The van der Waals surface area contributed by atoms with Crippen molar-refractivity contribution in [3.05, 3.63) is 14.7 Å². The van der Waals surface area contributed by atoms with Gasteiger partial charge in [0.15, 0.2) is 0 Å². The van der Waals surface area contributed by atoms with Gasteiger partial charge in [0.05, 0.1) is 24.2 Å². The van der Waals surface area contributed by atoms with Gasteiger partial charge < -0.3 is 9.64 Å². The average Bonchev–Trinajstić information content (AvgIpc) is 2.65. The summed E-state index contributed by atoms with van der Waals surface area (Å²) in [4.78, 5) is 12.9. The van der Waals surface area contributed by atoms with Crippen molar-refractivity contribution in [2.75, 3.05) is 42.7 Å². The molecule has 0 radical (unpaired) electrons.